The molecule has 2 aromatic carbocycles. The lowest BCUT2D eigenvalue weighted by atomic mass is 10.0. The van der Waals surface area contributed by atoms with Crippen LogP contribution in [0.5, 0.6) is 5.75 Å². The van der Waals surface area contributed by atoms with Crippen LogP contribution in [-0.4, -0.2) is 6.04 Å². The van der Waals surface area contributed by atoms with E-state index in [0.29, 0.717) is 5.56 Å². The van der Waals surface area contributed by atoms with E-state index < -0.39 is 6.10 Å². The number of hydrogen-bond donors (Lipinski definition) is 1. The fraction of sp³-hybridized carbons (Fsp3) is 0.294. The Morgan fingerprint density at radius 1 is 1.10 bits per heavy atom. The Hall–Kier alpha value is -1.87. The van der Waals surface area contributed by atoms with Crippen molar-refractivity contribution < 1.29 is 9.13 Å². The second kappa shape index (κ2) is 6.06. The van der Waals surface area contributed by atoms with Gasteiger partial charge in [0.1, 0.15) is 17.7 Å². The van der Waals surface area contributed by atoms with Gasteiger partial charge in [-0.25, -0.2) is 4.39 Å². The summed E-state index contributed by atoms with van der Waals surface area (Å²) in [5.41, 5.74) is 8.58. The first kappa shape index (κ1) is 14.5. The van der Waals surface area contributed by atoms with Gasteiger partial charge in [-0.05, 0) is 44.0 Å². The van der Waals surface area contributed by atoms with Crippen molar-refractivity contribution >= 4 is 0 Å². The number of aryl methyl sites for hydroxylation is 2. The summed E-state index contributed by atoms with van der Waals surface area (Å²) < 4.78 is 19.9. The molecule has 0 saturated carbocycles. The molecule has 2 aromatic rings. The minimum absolute atomic E-state index is 0.292. The molecule has 0 heterocycles. The Labute approximate surface area is 119 Å². The number of hydrogen-bond acceptors (Lipinski definition) is 2. The maximum Gasteiger partial charge on any atom is 0.141 e. The van der Waals surface area contributed by atoms with Crippen molar-refractivity contribution in [1.82, 2.24) is 0 Å². The van der Waals surface area contributed by atoms with E-state index in [1.807, 2.05) is 39.0 Å². The van der Waals surface area contributed by atoms with Crippen LogP contribution in [0, 0.1) is 19.7 Å². The Balaban J connectivity index is 2.36. The van der Waals surface area contributed by atoms with E-state index in [1.54, 1.807) is 18.2 Å². The van der Waals surface area contributed by atoms with Gasteiger partial charge in [0.25, 0.3) is 0 Å². The average molecular weight is 273 g/mol. The molecule has 106 valence electrons. The summed E-state index contributed by atoms with van der Waals surface area (Å²) in [6, 6.07) is 12.2. The second-order valence-corrected chi connectivity index (χ2v) is 5.19. The molecule has 0 bridgehead atoms. The zero-order chi connectivity index (χ0) is 14.7. The predicted molar refractivity (Wildman–Crippen MR) is 79.3 cm³/mol. The third-order valence-corrected chi connectivity index (χ3v) is 3.29. The molecule has 2 unspecified atom stereocenters. The van der Waals surface area contributed by atoms with Crippen LogP contribution in [-0.2, 0) is 0 Å². The molecule has 2 atom stereocenters. The third kappa shape index (κ3) is 3.17. The average Bonchev–Trinajstić information content (AvgIpc) is 2.40. The minimum atomic E-state index is -0.503. The lowest BCUT2D eigenvalue weighted by molar-refractivity contribution is 0.174. The zero-order valence-electron chi connectivity index (χ0n) is 12.1. The molecule has 0 aliphatic carbocycles. The second-order valence-electron chi connectivity index (χ2n) is 5.19. The monoisotopic (exact) mass is 273 g/mol. The summed E-state index contributed by atoms with van der Waals surface area (Å²) in [5, 5.41) is 0. The molecule has 0 amide bonds. The Kier molecular flexibility index (Phi) is 4.40. The standard InChI is InChI=1S/C17H20FNO/c1-11-8-9-12(2)16(10-11)20-17(13(3)19)14-6-4-5-7-15(14)18/h4-10,13,17H,19H2,1-3H3. The van der Waals surface area contributed by atoms with Crippen molar-refractivity contribution in [3.63, 3.8) is 0 Å². The van der Waals surface area contributed by atoms with Crippen LogP contribution >= 0.6 is 0 Å². The lowest BCUT2D eigenvalue weighted by Crippen LogP contribution is -2.30. The van der Waals surface area contributed by atoms with Gasteiger partial charge < -0.3 is 10.5 Å². The fourth-order valence-electron chi connectivity index (χ4n) is 2.13. The number of ether oxygens (including phenoxy) is 1. The van der Waals surface area contributed by atoms with Crippen LogP contribution in [0.4, 0.5) is 4.39 Å². The molecule has 2 N–H and O–H groups in total. The Morgan fingerprint density at radius 3 is 2.45 bits per heavy atom. The van der Waals surface area contributed by atoms with E-state index in [1.165, 1.54) is 6.07 Å². The van der Waals surface area contributed by atoms with Crippen molar-refractivity contribution in [3.8, 4) is 5.75 Å². The van der Waals surface area contributed by atoms with E-state index in [0.717, 1.165) is 16.9 Å². The van der Waals surface area contributed by atoms with Crippen LogP contribution in [0.2, 0.25) is 0 Å². The molecule has 0 aliphatic heterocycles. The normalized spacial score (nSPS) is 13.8. The smallest absolute Gasteiger partial charge is 0.141 e. The van der Waals surface area contributed by atoms with E-state index in [9.17, 15) is 4.39 Å². The first-order valence-electron chi connectivity index (χ1n) is 6.73. The van der Waals surface area contributed by atoms with Crippen molar-refractivity contribution in [1.29, 1.82) is 0 Å². The van der Waals surface area contributed by atoms with E-state index >= 15 is 0 Å². The molecule has 0 aliphatic rings. The maximum absolute atomic E-state index is 13.9. The van der Waals surface area contributed by atoms with Gasteiger partial charge in [-0.1, -0.05) is 30.3 Å². The zero-order valence-corrected chi connectivity index (χ0v) is 12.1. The highest BCUT2D eigenvalue weighted by atomic mass is 19.1. The molecule has 0 aromatic heterocycles. The van der Waals surface area contributed by atoms with Gasteiger partial charge in [0.05, 0.1) is 0 Å². The molecule has 0 fully saturated rings. The quantitative estimate of drug-likeness (QED) is 0.916. The summed E-state index contributed by atoms with van der Waals surface area (Å²) in [6.07, 6.45) is -0.503. The first-order valence-corrected chi connectivity index (χ1v) is 6.73. The molecule has 20 heavy (non-hydrogen) atoms. The van der Waals surface area contributed by atoms with Gasteiger partial charge in [-0.3, -0.25) is 0 Å². The lowest BCUT2D eigenvalue weighted by Gasteiger charge is -2.24. The van der Waals surface area contributed by atoms with Gasteiger partial charge in [0.15, 0.2) is 0 Å². The van der Waals surface area contributed by atoms with Crippen molar-refractivity contribution in [2.75, 3.05) is 0 Å². The van der Waals surface area contributed by atoms with Crippen molar-refractivity contribution in [3.05, 3.63) is 65.0 Å². The number of nitrogens with two attached hydrogens (primary N) is 1. The summed E-state index contributed by atoms with van der Waals surface area (Å²) in [6.45, 7) is 5.78. The molecule has 3 heteroatoms. The van der Waals surface area contributed by atoms with E-state index in [2.05, 4.69) is 0 Å². The fourth-order valence-corrected chi connectivity index (χ4v) is 2.13. The van der Waals surface area contributed by atoms with Gasteiger partial charge in [0, 0.05) is 11.6 Å². The highest BCUT2D eigenvalue weighted by molar-refractivity contribution is 5.37. The highest BCUT2D eigenvalue weighted by Gasteiger charge is 2.22. The van der Waals surface area contributed by atoms with Gasteiger partial charge in [-0.15, -0.1) is 0 Å². The summed E-state index contributed by atoms with van der Waals surface area (Å²) >= 11 is 0. The summed E-state index contributed by atoms with van der Waals surface area (Å²) in [5.74, 6) is 0.454. The van der Waals surface area contributed by atoms with Crippen LogP contribution in [0.1, 0.15) is 29.7 Å². The SMILES string of the molecule is Cc1ccc(C)c(OC(c2ccccc2F)C(C)N)c1. The topological polar surface area (TPSA) is 35.2 Å². The Bertz CT molecular complexity index is 595. The maximum atomic E-state index is 13.9. The number of halogens is 1. The first-order chi connectivity index (χ1) is 9.49. The molecule has 0 spiro atoms. The summed E-state index contributed by atoms with van der Waals surface area (Å²) in [4.78, 5) is 0. The largest absolute Gasteiger partial charge is 0.484 e. The van der Waals surface area contributed by atoms with E-state index in [4.69, 9.17) is 10.5 Å². The van der Waals surface area contributed by atoms with E-state index in [-0.39, 0.29) is 11.9 Å². The number of rotatable bonds is 4. The van der Waals surface area contributed by atoms with Crippen LogP contribution in [0.3, 0.4) is 0 Å². The Morgan fingerprint density at radius 2 is 1.80 bits per heavy atom. The minimum Gasteiger partial charge on any atom is -0.484 e. The molecule has 0 radical (unpaired) electrons. The van der Waals surface area contributed by atoms with Crippen molar-refractivity contribution in [2.45, 2.75) is 32.9 Å². The molecule has 2 nitrogen and oxygen atoms in total. The third-order valence-electron chi connectivity index (χ3n) is 3.29. The highest BCUT2D eigenvalue weighted by Crippen LogP contribution is 2.29. The molecular formula is C17H20FNO. The van der Waals surface area contributed by atoms with Gasteiger partial charge in [0.2, 0.25) is 0 Å². The van der Waals surface area contributed by atoms with Crippen LogP contribution in [0.15, 0.2) is 42.5 Å². The van der Waals surface area contributed by atoms with Crippen LogP contribution < -0.4 is 10.5 Å². The summed E-state index contributed by atoms with van der Waals surface area (Å²) in [7, 11) is 0. The van der Waals surface area contributed by atoms with Crippen LogP contribution in [0.25, 0.3) is 0 Å². The number of benzene rings is 2. The molecule has 2 rings (SSSR count). The molecular weight excluding hydrogens is 253 g/mol. The van der Waals surface area contributed by atoms with Gasteiger partial charge in [-0.2, -0.15) is 0 Å². The predicted octanol–water partition coefficient (Wildman–Crippen LogP) is 3.91. The van der Waals surface area contributed by atoms with Crippen molar-refractivity contribution in [2.24, 2.45) is 5.73 Å². The van der Waals surface area contributed by atoms with Gasteiger partial charge >= 0.3 is 0 Å². The molecule has 0 saturated heterocycles.